The number of methoxy groups -OCH3 is 1. The topological polar surface area (TPSA) is 51.7 Å². The Morgan fingerprint density at radius 2 is 2.00 bits per heavy atom. The van der Waals surface area contributed by atoms with Gasteiger partial charge in [0.2, 0.25) is 5.88 Å². The van der Waals surface area contributed by atoms with Gasteiger partial charge in [-0.25, -0.2) is 4.98 Å². The maximum absolute atomic E-state index is 12.5. The molecule has 0 radical (unpaired) electrons. The number of halogens is 4. The van der Waals surface area contributed by atoms with Crippen molar-refractivity contribution in [2.75, 3.05) is 20.2 Å². The molecular weight excluding hydrogens is 417 g/mol. The van der Waals surface area contributed by atoms with Crippen LogP contribution in [0.2, 0.25) is 0 Å². The fourth-order valence-electron chi connectivity index (χ4n) is 2.43. The van der Waals surface area contributed by atoms with Crippen molar-refractivity contribution >= 4 is 21.8 Å². The van der Waals surface area contributed by atoms with E-state index in [1.165, 1.54) is 13.2 Å². The summed E-state index contributed by atoms with van der Waals surface area (Å²) in [6.45, 7) is 0.649. The molecule has 0 aliphatic carbocycles. The van der Waals surface area contributed by atoms with Crippen molar-refractivity contribution < 1.29 is 27.4 Å². The molecule has 1 saturated heterocycles. The predicted octanol–water partition coefficient (Wildman–Crippen LogP) is 3.77. The molecule has 0 spiro atoms. The standard InChI is InChI=1S/C17H14BrF3N2O3/c1-25-11-3-4-14(18)13(6-11)16(24)23-8-12(9-23)26-15-5-2-10(7-22-15)17(19,20)21/h2-7,12H,8-9H2,1H3. The highest BCUT2D eigenvalue weighted by molar-refractivity contribution is 9.10. The van der Waals surface area contributed by atoms with Gasteiger partial charge in [0.15, 0.2) is 0 Å². The van der Waals surface area contributed by atoms with E-state index in [9.17, 15) is 18.0 Å². The lowest BCUT2D eigenvalue weighted by molar-refractivity contribution is -0.137. The van der Waals surface area contributed by atoms with Gasteiger partial charge in [-0.1, -0.05) is 0 Å². The van der Waals surface area contributed by atoms with Crippen LogP contribution in [0.5, 0.6) is 11.6 Å². The van der Waals surface area contributed by atoms with Gasteiger partial charge in [0.05, 0.1) is 31.3 Å². The number of carbonyl (C=O) groups excluding carboxylic acids is 1. The molecule has 0 N–H and O–H groups in total. The van der Waals surface area contributed by atoms with Crippen molar-refractivity contribution in [2.45, 2.75) is 12.3 Å². The number of carbonyl (C=O) groups is 1. The minimum absolute atomic E-state index is 0.0951. The third-order valence-electron chi connectivity index (χ3n) is 3.89. The number of aromatic nitrogens is 1. The van der Waals surface area contributed by atoms with Crippen LogP contribution in [0.25, 0.3) is 0 Å². The Morgan fingerprint density at radius 1 is 1.27 bits per heavy atom. The molecule has 2 aromatic rings. The zero-order valence-corrected chi connectivity index (χ0v) is 15.2. The highest BCUT2D eigenvalue weighted by Crippen LogP contribution is 2.30. The van der Waals surface area contributed by atoms with Crippen LogP contribution in [-0.2, 0) is 6.18 Å². The number of hydrogen-bond acceptors (Lipinski definition) is 4. The van der Waals surface area contributed by atoms with E-state index in [1.807, 2.05) is 0 Å². The van der Waals surface area contributed by atoms with Gasteiger partial charge in [-0.3, -0.25) is 4.79 Å². The second-order valence-corrected chi connectivity index (χ2v) is 6.53. The number of rotatable bonds is 4. The fraction of sp³-hybridized carbons (Fsp3) is 0.294. The van der Waals surface area contributed by atoms with Crippen molar-refractivity contribution in [3.05, 3.63) is 52.1 Å². The highest BCUT2D eigenvalue weighted by Gasteiger charge is 2.34. The molecule has 2 heterocycles. The molecule has 1 aliphatic rings. The van der Waals surface area contributed by atoms with Gasteiger partial charge in [-0.15, -0.1) is 0 Å². The second kappa shape index (κ2) is 7.14. The van der Waals surface area contributed by atoms with E-state index in [2.05, 4.69) is 20.9 Å². The van der Waals surface area contributed by atoms with Gasteiger partial charge in [0.25, 0.3) is 5.91 Å². The summed E-state index contributed by atoms with van der Waals surface area (Å²) in [5.41, 5.74) is -0.367. The van der Waals surface area contributed by atoms with E-state index in [-0.39, 0.29) is 17.9 Å². The van der Waals surface area contributed by atoms with Crippen LogP contribution in [0.3, 0.4) is 0 Å². The summed E-state index contributed by atoms with van der Waals surface area (Å²) in [4.78, 5) is 17.8. The summed E-state index contributed by atoms with van der Waals surface area (Å²) in [6, 6.07) is 7.19. The molecule has 9 heteroatoms. The average molecular weight is 431 g/mol. The minimum atomic E-state index is -4.44. The average Bonchev–Trinajstić information content (AvgIpc) is 2.57. The first-order chi connectivity index (χ1) is 12.3. The van der Waals surface area contributed by atoms with E-state index in [0.29, 0.717) is 28.9 Å². The van der Waals surface area contributed by atoms with E-state index in [4.69, 9.17) is 9.47 Å². The van der Waals surface area contributed by atoms with Crippen LogP contribution in [0.15, 0.2) is 41.0 Å². The molecule has 138 valence electrons. The summed E-state index contributed by atoms with van der Waals surface area (Å²) in [7, 11) is 1.52. The Balaban J connectivity index is 1.58. The number of alkyl halides is 3. The number of amides is 1. The first-order valence-corrected chi connectivity index (χ1v) is 8.40. The van der Waals surface area contributed by atoms with Crippen LogP contribution in [-0.4, -0.2) is 42.1 Å². The Morgan fingerprint density at radius 3 is 2.58 bits per heavy atom. The first kappa shape index (κ1) is 18.5. The number of benzene rings is 1. The summed E-state index contributed by atoms with van der Waals surface area (Å²) in [5.74, 6) is 0.479. The number of pyridine rings is 1. The van der Waals surface area contributed by atoms with E-state index in [0.717, 1.165) is 12.3 Å². The Hall–Kier alpha value is -2.29. The summed E-state index contributed by atoms with van der Waals surface area (Å²) >= 11 is 3.34. The maximum atomic E-state index is 12.5. The molecule has 0 saturated carbocycles. The predicted molar refractivity (Wildman–Crippen MR) is 90.3 cm³/mol. The maximum Gasteiger partial charge on any atom is 0.417 e. The van der Waals surface area contributed by atoms with Crippen LogP contribution in [0.4, 0.5) is 13.2 Å². The second-order valence-electron chi connectivity index (χ2n) is 5.68. The van der Waals surface area contributed by atoms with Crippen molar-refractivity contribution in [1.29, 1.82) is 0 Å². The molecule has 1 aliphatic heterocycles. The third kappa shape index (κ3) is 3.92. The molecular formula is C17H14BrF3N2O3. The largest absolute Gasteiger partial charge is 0.497 e. The van der Waals surface area contributed by atoms with Gasteiger partial charge in [0, 0.05) is 16.7 Å². The smallest absolute Gasteiger partial charge is 0.417 e. The molecule has 3 rings (SSSR count). The molecule has 0 atom stereocenters. The number of hydrogen-bond donors (Lipinski definition) is 0. The monoisotopic (exact) mass is 430 g/mol. The molecule has 0 unspecified atom stereocenters. The van der Waals surface area contributed by atoms with Crippen LogP contribution in [0, 0.1) is 0 Å². The molecule has 1 fully saturated rings. The lowest BCUT2D eigenvalue weighted by Gasteiger charge is -2.38. The van der Waals surface area contributed by atoms with Gasteiger partial charge in [-0.05, 0) is 40.2 Å². The third-order valence-corrected chi connectivity index (χ3v) is 4.58. The minimum Gasteiger partial charge on any atom is -0.497 e. The highest BCUT2D eigenvalue weighted by atomic mass is 79.9. The number of ether oxygens (including phenoxy) is 2. The molecule has 1 amide bonds. The van der Waals surface area contributed by atoms with Crippen molar-refractivity contribution in [2.24, 2.45) is 0 Å². The lowest BCUT2D eigenvalue weighted by Crippen LogP contribution is -2.56. The zero-order chi connectivity index (χ0) is 18.9. The number of likely N-dealkylation sites (tertiary alicyclic amines) is 1. The van der Waals surface area contributed by atoms with Crippen LogP contribution >= 0.6 is 15.9 Å². The van der Waals surface area contributed by atoms with Gasteiger partial charge >= 0.3 is 6.18 Å². The summed E-state index contributed by atoms with van der Waals surface area (Å²) in [6.07, 6.45) is -4.02. The summed E-state index contributed by atoms with van der Waals surface area (Å²) in [5, 5.41) is 0. The zero-order valence-electron chi connectivity index (χ0n) is 13.6. The Bertz CT molecular complexity index is 806. The Kier molecular flexibility index (Phi) is 5.08. The van der Waals surface area contributed by atoms with E-state index >= 15 is 0 Å². The van der Waals surface area contributed by atoms with Crippen molar-refractivity contribution in [3.8, 4) is 11.6 Å². The fourth-order valence-corrected chi connectivity index (χ4v) is 2.85. The normalized spacial score (nSPS) is 14.7. The SMILES string of the molecule is COc1ccc(Br)c(C(=O)N2CC(Oc3ccc(C(F)(F)F)cn3)C2)c1. The molecule has 1 aromatic heterocycles. The van der Waals surface area contributed by atoms with Gasteiger partial charge in [0.1, 0.15) is 11.9 Å². The first-order valence-electron chi connectivity index (χ1n) is 7.60. The van der Waals surface area contributed by atoms with Crippen LogP contribution in [0.1, 0.15) is 15.9 Å². The molecule has 1 aromatic carbocycles. The van der Waals surface area contributed by atoms with Crippen molar-refractivity contribution in [3.63, 3.8) is 0 Å². The van der Waals surface area contributed by atoms with Crippen LogP contribution < -0.4 is 9.47 Å². The van der Waals surface area contributed by atoms with E-state index < -0.39 is 11.7 Å². The quantitative estimate of drug-likeness (QED) is 0.740. The number of nitrogens with zero attached hydrogens (tertiary/aromatic N) is 2. The lowest BCUT2D eigenvalue weighted by atomic mass is 10.1. The molecule has 5 nitrogen and oxygen atoms in total. The molecule has 26 heavy (non-hydrogen) atoms. The van der Waals surface area contributed by atoms with E-state index in [1.54, 1.807) is 23.1 Å². The Labute approximate surface area is 155 Å². The van der Waals surface area contributed by atoms with Crippen molar-refractivity contribution in [1.82, 2.24) is 9.88 Å². The van der Waals surface area contributed by atoms with Gasteiger partial charge < -0.3 is 14.4 Å². The summed E-state index contributed by atoms with van der Waals surface area (Å²) < 4.78 is 48.8. The van der Waals surface area contributed by atoms with Gasteiger partial charge in [-0.2, -0.15) is 13.2 Å². The molecule has 0 bridgehead atoms.